The van der Waals surface area contributed by atoms with Gasteiger partial charge in [-0.1, -0.05) is 18.2 Å². The zero-order valence-corrected chi connectivity index (χ0v) is 9.60. The van der Waals surface area contributed by atoms with Crippen LogP contribution in [0.25, 0.3) is 0 Å². The van der Waals surface area contributed by atoms with Crippen LogP contribution in [0, 0.1) is 0 Å². The van der Waals surface area contributed by atoms with E-state index in [9.17, 15) is 0 Å². The van der Waals surface area contributed by atoms with E-state index < -0.39 is 0 Å². The van der Waals surface area contributed by atoms with Gasteiger partial charge < -0.3 is 19.9 Å². The summed E-state index contributed by atoms with van der Waals surface area (Å²) in [6.07, 6.45) is 3.69. The van der Waals surface area contributed by atoms with Gasteiger partial charge in [0.05, 0.1) is 14.2 Å². The standard InChI is InChI=1S/C12H17NO3/c1-14-10-6-5-7-11(15-2)12(10)16-9-4-3-8-13/h3-7H,8-9,13H2,1-2H3/b4-3+. The molecule has 0 heterocycles. The van der Waals surface area contributed by atoms with Crippen LogP contribution in [0.3, 0.4) is 0 Å². The minimum atomic E-state index is 0.438. The van der Waals surface area contributed by atoms with Gasteiger partial charge in [-0.15, -0.1) is 0 Å². The van der Waals surface area contributed by atoms with Crippen LogP contribution in [0.1, 0.15) is 0 Å². The summed E-state index contributed by atoms with van der Waals surface area (Å²) in [5.74, 6) is 1.91. The van der Waals surface area contributed by atoms with Crippen molar-refractivity contribution in [2.45, 2.75) is 0 Å². The Morgan fingerprint density at radius 3 is 2.25 bits per heavy atom. The van der Waals surface area contributed by atoms with E-state index in [4.69, 9.17) is 19.9 Å². The minimum absolute atomic E-state index is 0.438. The molecule has 0 saturated heterocycles. The molecule has 0 fully saturated rings. The van der Waals surface area contributed by atoms with Gasteiger partial charge >= 0.3 is 0 Å². The molecule has 0 bridgehead atoms. The first-order chi connectivity index (χ1) is 7.83. The highest BCUT2D eigenvalue weighted by Gasteiger charge is 2.09. The number of nitrogens with two attached hydrogens (primary N) is 1. The van der Waals surface area contributed by atoms with Crippen LogP contribution in [0.15, 0.2) is 30.4 Å². The molecule has 0 amide bonds. The van der Waals surface area contributed by atoms with Crippen LogP contribution in [0.2, 0.25) is 0 Å². The molecule has 0 aliphatic rings. The van der Waals surface area contributed by atoms with Crippen LogP contribution in [-0.4, -0.2) is 27.4 Å². The molecule has 0 unspecified atom stereocenters. The maximum atomic E-state index is 5.56. The number of rotatable bonds is 6. The highest BCUT2D eigenvalue weighted by molar-refractivity contribution is 5.51. The monoisotopic (exact) mass is 223 g/mol. The van der Waals surface area contributed by atoms with Gasteiger partial charge in [0.2, 0.25) is 5.75 Å². The van der Waals surface area contributed by atoms with E-state index in [1.165, 1.54) is 0 Å². The predicted molar refractivity (Wildman–Crippen MR) is 63.2 cm³/mol. The zero-order chi connectivity index (χ0) is 11.8. The Balaban J connectivity index is 2.78. The summed E-state index contributed by atoms with van der Waals surface area (Å²) in [6, 6.07) is 5.50. The van der Waals surface area contributed by atoms with Crippen LogP contribution in [0.4, 0.5) is 0 Å². The summed E-state index contributed by atoms with van der Waals surface area (Å²) in [4.78, 5) is 0. The predicted octanol–water partition coefficient (Wildman–Crippen LogP) is 1.60. The van der Waals surface area contributed by atoms with Gasteiger partial charge in [-0.25, -0.2) is 0 Å². The molecule has 0 spiro atoms. The molecule has 1 aromatic rings. The molecular weight excluding hydrogens is 206 g/mol. The van der Waals surface area contributed by atoms with E-state index in [0.29, 0.717) is 30.4 Å². The van der Waals surface area contributed by atoms with E-state index in [1.807, 2.05) is 30.4 Å². The molecule has 4 nitrogen and oxygen atoms in total. The summed E-state index contributed by atoms with van der Waals surface area (Å²) in [7, 11) is 3.19. The molecule has 0 aliphatic heterocycles. The average molecular weight is 223 g/mol. The highest BCUT2D eigenvalue weighted by Crippen LogP contribution is 2.36. The molecule has 88 valence electrons. The summed E-state index contributed by atoms with van der Waals surface area (Å²) >= 11 is 0. The van der Waals surface area contributed by atoms with E-state index in [0.717, 1.165) is 0 Å². The minimum Gasteiger partial charge on any atom is -0.493 e. The number of hydrogen-bond acceptors (Lipinski definition) is 4. The molecule has 2 N–H and O–H groups in total. The van der Waals surface area contributed by atoms with E-state index >= 15 is 0 Å². The van der Waals surface area contributed by atoms with E-state index in [-0.39, 0.29) is 0 Å². The van der Waals surface area contributed by atoms with Crippen LogP contribution in [0.5, 0.6) is 17.2 Å². The lowest BCUT2D eigenvalue weighted by Gasteiger charge is -2.12. The largest absolute Gasteiger partial charge is 0.493 e. The van der Waals surface area contributed by atoms with Gasteiger partial charge in [-0.05, 0) is 12.1 Å². The van der Waals surface area contributed by atoms with Crippen molar-refractivity contribution in [3.8, 4) is 17.2 Å². The van der Waals surface area contributed by atoms with Crippen molar-refractivity contribution in [1.29, 1.82) is 0 Å². The van der Waals surface area contributed by atoms with Gasteiger partial charge in [0.25, 0.3) is 0 Å². The Morgan fingerprint density at radius 1 is 1.12 bits per heavy atom. The Labute approximate surface area is 95.6 Å². The Hall–Kier alpha value is -1.68. The van der Waals surface area contributed by atoms with E-state index in [1.54, 1.807) is 14.2 Å². The molecule has 0 aliphatic carbocycles. The number of hydrogen-bond donors (Lipinski definition) is 1. The molecular formula is C12H17NO3. The Kier molecular flexibility index (Phi) is 5.22. The normalized spacial score (nSPS) is 10.4. The fraction of sp³-hybridized carbons (Fsp3) is 0.333. The number of benzene rings is 1. The Bertz CT molecular complexity index is 328. The van der Waals surface area contributed by atoms with Gasteiger partial charge in [0.1, 0.15) is 6.61 Å². The van der Waals surface area contributed by atoms with Gasteiger partial charge in [-0.2, -0.15) is 0 Å². The lowest BCUT2D eigenvalue weighted by Crippen LogP contribution is -2.00. The van der Waals surface area contributed by atoms with Crippen molar-refractivity contribution in [1.82, 2.24) is 0 Å². The smallest absolute Gasteiger partial charge is 0.203 e. The second kappa shape index (κ2) is 6.74. The van der Waals surface area contributed by atoms with Crippen molar-refractivity contribution < 1.29 is 14.2 Å². The van der Waals surface area contributed by atoms with Crippen LogP contribution >= 0.6 is 0 Å². The molecule has 0 aromatic heterocycles. The third-order valence-corrected chi connectivity index (χ3v) is 2.01. The zero-order valence-electron chi connectivity index (χ0n) is 9.60. The molecule has 0 radical (unpaired) electrons. The third kappa shape index (κ3) is 3.17. The van der Waals surface area contributed by atoms with Gasteiger partial charge in [0, 0.05) is 6.54 Å². The first kappa shape index (κ1) is 12.4. The first-order valence-corrected chi connectivity index (χ1v) is 5.02. The lowest BCUT2D eigenvalue weighted by molar-refractivity contribution is 0.300. The van der Waals surface area contributed by atoms with Crippen molar-refractivity contribution >= 4 is 0 Å². The maximum Gasteiger partial charge on any atom is 0.203 e. The van der Waals surface area contributed by atoms with Crippen molar-refractivity contribution in [2.75, 3.05) is 27.4 Å². The molecule has 1 rings (SSSR count). The maximum absolute atomic E-state index is 5.56. The lowest BCUT2D eigenvalue weighted by atomic mass is 10.3. The second-order valence-electron chi connectivity index (χ2n) is 3.01. The van der Waals surface area contributed by atoms with Crippen LogP contribution in [-0.2, 0) is 0 Å². The summed E-state index contributed by atoms with van der Waals surface area (Å²) < 4.78 is 15.9. The Morgan fingerprint density at radius 2 is 1.75 bits per heavy atom. The van der Waals surface area contributed by atoms with Gasteiger partial charge in [-0.3, -0.25) is 0 Å². The van der Waals surface area contributed by atoms with Crippen LogP contribution < -0.4 is 19.9 Å². The quantitative estimate of drug-likeness (QED) is 0.744. The third-order valence-electron chi connectivity index (χ3n) is 2.01. The number of methoxy groups -OCH3 is 2. The SMILES string of the molecule is COc1cccc(OC)c1OC/C=C/CN. The summed E-state index contributed by atoms with van der Waals surface area (Å²) in [6.45, 7) is 0.945. The van der Waals surface area contributed by atoms with Gasteiger partial charge in [0.15, 0.2) is 11.5 Å². The summed E-state index contributed by atoms with van der Waals surface area (Å²) in [5, 5.41) is 0. The number of ether oxygens (including phenoxy) is 3. The molecule has 0 saturated carbocycles. The average Bonchev–Trinajstić information content (AvgIpc) is 2.34. The fourth-order valence-corrected chi connectivity index (χ4v) is 1.26. The molecule has 4 heteroatoms. The second-order valence-corrected chi connectivity index (χ2v) is 3.01. The summed E-state index contributed by atoms with van der Waals surface area (Å²) in [5.41, 5.74) is 5.33. The van der Waals surface area contributed by atoms with Crippen molar-refractivity contribution in [3.63, 3.8) is 0 Å². The molecule has 1 aromatic carbocycles. The molecule has 0 atom stereocenters. The fourth-order valence-electron chi connectivity index (χ4n) is 1.26. The van der Waals surface area contributed by atoms with E-state index in [2.05, 4.69) is 0 Å². The molecule has 16 heavy (non-hydrogen) atoms. The van der Waals surface area contributed by atoms with Crippen molar-refractivity contribution in [3.05, 3.63) is 30.4 Å². The topological polar surface area (TPSA) is 53.7 Å². The first-order valence-electron chi connectivity index (χ1n) is 5.02. The van der Waals surface area contributed by atoms with Crippen molar-refractivity contribution in [2.24, 2.45) is 5.73 Å². The highest BCUT2D eigenvalue weighted by atomic mass is 16.5. The number of para-hydroxylation sites is 1.